The van der Waals surface area contributed by atoms with Gasteiger partial charge < -0.3 is 0 Å². The summed E-state index contributed by atoms with van der Waals surface area (Å²) in [6, 6.07) is 27.2. The molecule has 1 nitrogen and oxygen atoms in total. The molecular formula is C28H26N+. The van der Waals surface area contributed by atoms with E-state index in [0.29, 0.717) is 5.92 Å². The number of rotatable bonds is 3. The van der Waals surface area contributed by atoms with E-state index >= 15 is 0 Å². The molecule has 1 heteroatoms. The monoisotopic (exact) mass is 376 g/mol. The van der Waals surface area contributed by atoms with Crippen LogP contribution in [-0.4, -0.2) is 7.05 Å². The van der Waals surface area contributed by atoms with Gasteiger partial charge in [-0.05, 0) is 83.8 Å². The van der Waals surface area contributed by atoms with E-state index in [0.717, 1.165) is 11.1 Å². The van der Waals surface area contributed by atoms with E-state index < -0.39 is 0 Å². The normalized spacial score (nSPS) is 13.3. The molecule has 0 unspecified atom stereocenters. The fourth-order valence-corrected chi connectivity index (χ4v) is 4.31. The molecule has 0 atom stereocenters. The Morgan fingerprint density at radius 1 is 0.759 bits per heavy atom. The maximum Gasteiger partial charge on any atom is 0.310 e. The minimum Gasteiger partial charge on any atom is -0.101 e. The molecule has 1 aliphatic carbocycles. The van der Waals surface area contributed by atoms with E-state index in [1.165, 1.54) is 53.5 Å². The summed E-state index contributed by atoms with van der Waals surface area (Å²) in [7, 11) is 1.79. The first-order chi connectivity index (χ1) is 14.3. The van der Waals surface area contributed by atoms with Gasteiger partial charge in [0.15, 0.2) is 0 Å². The molecule has 0 heterocycles. The third-order valence-corrected chi connectivity index (χ3v) is 5.68. The summed E-state index contributed by atoms with van der Waals surface area (Å²) in [5.74, 6) is 6.81. The Labute approximate surface area is 174 Å². The van der Waals surface area contributed by atoms with Gasteiger partial charge in [-0.15, -0.1) is 5.92 Å². The fourth-order valence-electron chi connectivity index (χ4n) is 4.31. The molecule has 4 rings (SSSR count). The zero-order chi connectivity index (χ0) is 20.1. The van der Waals surface area contributed by atoms with Gasteiger partial charge in [-0.2, -0.15) is 0 Å². The molecule has 3 aromatic carbocycles. The van der Waals surface area contributed by atoms with Crippen LogP contribution in [0.1, 0.15) is 55.2 Å². The zero-order valence-electron chi connectivity index (χ0n) is 17.2. The van der Waals surface area contributed by atoms with Gasteiger partial charge in [0, 0.05) is 5.56 Å². The van der Waals surface area contributed by atoms with E-state index in [4.69, 9.17) is 0 Å². The highest BCUT2D eigenvalue weighted by atomic mass is 14.6. The quantitative estimate of drug-likeness (QED) is 0.421. The van der Waals surface area contributed by atoms with Crippen molar-refractivity contribution in [3.8, 4) is 40.2 Å². The summed E-state index contributed by atoms with van der Waals surface area (Å²) in [6.45, 7) is 1.87. The summed E-state index contributed by atoms with van der Waals surface area (Å²) < 4.78 is 0. The van der Waals surface area contributed by atoms with Gasteiger partial charge in [-0.25, -0.2) is 0 Å². The van der Waals surface area contributed by atoms with E-state index in [1.807, 2.05) is 6.92 Å². The van der Waals surface area contributed by atoms with E-state index in [9.17, 15) is 0 Å². The molecule has 0 N–H and O–H groups in total. The van der Waals surface area contributed by atoms with Crippen LogP contribution < -0.4 is 0 Å². The number of benzene rings is 3. The smallest absolute Gasteiger partial charge is 0.101 e. The topological polar surface area (TPSA) is 4.36 Å². The molecule has 3 aromatic rings. The Balaban J connectivity index is 1.76. The summed E-state index contributed by atoms with van der Waals surface area (Å²) >= 11 is 0. The second-order valence-electron chi connectivity index (χ2n) is 7.70. The van der Waals surface area contributed by atoms with E-state index in [2.05, 4.69) is 89.5 Å². The van der Waals surface area contributed by atoms with Crippen molar-refractivity contribution >= 4 is 0 Å². The maximum atomic E-state index is 4.14. The predicted molar refractivity (Wildman–Crippen MR) is 123 cm³/mol. The SMILES string of the molecule is CC#Cc1cccc(-c2cccc(-c3cc(C#[N+]C)cc(C4CCCC4)c3)c2)c1. The molecular weight excluding hydrogens is 350 g/mol. The summed E-state index contributed by atoms with van der Waals surface area (Å²) in [5, 5.41) is 0. The van der Waals surface area contributed by atoms with Crippen molar-refractivity contribution < 1.29 is 0 Å². The Morgan fingerprint density at radius 3 is 2.14 bits per heavy atom. The molecule has 0 saturated heterocycles. The van der Waals surface area contributed by atoms with Crippen LogP contribution in [0.3, 0.4) is 0 Å². The molecule has 0 bridgehead atoms. The Hall–Kier alpha value is -3.29. The van der Waals surface area contributed by atoms with E-state index in [-0.39, 0.29) is 0 Å². The summed E-state index contributed by atoms with van der Waals surface area (Å²) in [6.07, 6.45) is 5.25. The molecule has 1 saturated carbocycles. The van der Waals surface area contributed by atoms with Gasteiger partial charge in [0.1, 0.15) is 5.56 Å². The van der Waals surface area contributed by atoms with E-state index in [1.54, 1.807) is 7.05 Å². The van der Waals surface area contributed by atoms with Crippen molar-refractivity contribution in [3.63, 3.8) is 0 Å². The lowest BCUT2D eigenvalue weighted by molar-refractivity contribution is 0.723. The van der Waals surface area contributed by atoms with Crippen LogP contribution in [0.15, 0.2) is 66.7 Å². The summed E-state index contributed by atoms with van der Waals surface area (Å²) in [4.78, 5) is 4.14. The second-order valence-corrected chi connectivity index (χ2v) is 7.70. The lowest BCUT2D eigenvalue weighted by atomic mass is 9.91. The van der Waals surface area contributed by atoms with Crippen molar-refractivity contribution in [2.45, 2.75) is 38.5 Å². The highest BCUT2D eigenvalue weighted by Gasteiger charge is 2.19. The highest BCUT2D eigenvalue weighted by Crippen LogP contribution is 2.37. The minimum atomic E-state index is 0.667. The molecule has 29 heavy (non-hydrogen) atoms. The van der Waals surface area contributed by atoms with Gasteiger partial charge in [0.25, 0.3) is 7.05 Å². The summed E-state index contributed by atoms with van der Waals surface area (Å²) in [5.41, 5.74) is 8.42. The molecule has 0 aromatic heterocycles. The maximum absolute atomic E-state index is 4.14. The molecule has 0 radical (unpaired) electrons. The Bertz CT molecular complexity index is 1140. The molecule has 1 fully saturated rings. The predicted octanol–water partition coefficient (Wildman–Crippen LogP) is 7.36. The number of nitrogens with zero attached hydrogens (tertiary/aromatic N) is 1. The number of hydrogen-bond acceptors (Lipinski definition) is 0. The van der Waals surface area contributed by atoms with Gasteiger partial charge in [0.05, 0.1) is 0 Å². The zero-order valence-corrected chi connectivity index (χ0v) is 17.2. The first kappa shape index (κ1) is 19.0. The lowest BCUT2D eigenvalue weighted by Crippen LogP contribution is -1.94. The molecule has 0 amide bonds. The van der Waals surface area contributed by atoms with Crippen LogP contribution in [0.4, 0.5) is 0 Å². The van der Waals surface area contributed by atoms with Crippen molar-refractivity contribution in [1.29, 1.82) is 0 Å². The Morgan fingerprint density at radius 2 is 1.41 bits per heavy atom. The van der Waals surface area contributed by atoms with Gasteiger partial charge in [0.2, 0.25) is 0 Å². The van der Waals surface area contributed by atoms with Crippen LogP contribution in [0.5, 0.6) is 0 Å². The van der Waals surface area contributed by atoms with Crippen molar-refractivity contribution in [2.75, 3.05) is 7.05 Å². The third-order valence-electron chi connectivity index (χ3n) is 5.68. The van der Waals surface area contributed by atoms with Crippen LogP contribution in [0.2, 0.25) is 0 Å². The van der Waals surface area contributed by atoms with Gasteiger partial charge in [-0.3, -0.25) is 0 Å². The van der Waals surface area contributed by atoms with Crippen molar-refractivity contribution in [2.24, 2.45) is 0 Å². The molecule has 0 aliphatic heterocycles. The minimum absolute atomic E-state index is 0.667. The standard InChI is InChI=1S/C28H26N/c1-3-8-21-9-6-12-24(15-21)25-13-7-14-26(18-25)28-17-22(20-29-2)16-27(19-28)23-10-4-5-11-23/h6-7,9,12-19,23H,4-5,10-11H2,1-2H3/q+1. The van der Waals surface area contributed by atoms with Gasteiger partial charge >= 0.3 is 6.07 Å². The van der Waals surface area contributed by atoms with Crippen molar-refractivity contribution in [3.05, 3.63) is 88.3 Å². The second kappa shape index (κ2) is 8.81. The lowest BCUT2D eigenvalue weighted by Gasteiger charge is -2.13. The highest BCUT2D eigenvalue weighted by molar-refractivity contribution is 5.75. The Kier molecular flexibility index (Phi) is 5.79. The largest absolute Gasteiger partial charge is 0.310 e. The number of hydrogen-bond donors (Lipinski definition) is 0. The first-order valence-electron chi connectivity index (χ1n) is 10.4. The third kappa shape index (κ3) is 4.42. The molecule has 142 valence electrons. The van der Waals surface area contributed by atoms with Crippen LogP contribution in [-0.2, 0) is 0 Å². The average Bonchev–Trinajstić information content (AvgIpc) is 3.29. The van der Waals surface area contributed by atoms with Crippen LogP contribution >= 0.6 is 0 Å². The van der Waals surface area contributed by atoms with Crippen LogP contribution in [0, 0.1) is 17.9 Å². The first-order valence-corrected chi connectivity index (χ1v) is 10.4. The average molecular weight is 377 g/mol. The molecule has 0 spiro atoms. The molecule has 1 aliphatic rings. The van der Waals surface area contributed by atoms with Crippen molar-refractivity contribution in [1.82, 2.24) is 0 Å². The van der Waals surface area contributed by atoms with Crippen LogP contribution in [0.25, 0.3) is 27.1 Å². The fraction of sp³-hybridized carbons (Fsp3) is 0.250. The van der Waals surface area contributed by atoms with Gasteiger partial charge in [-0.1, -0.05) is 60.0 Å².